The average molecular weight is 160 g/mol. The molecule has 0 amide bonds. The first kappa shape index (κ1) is 7.76. The maximum Gasteiger partial charge on any atom is 0.256 e. The third-order valence-electron chi connectivity index (χ3n) is 1.18. The summed E-state index contributed by atoms with van der Waals surface area (Å²) in [7, 11) is 0. The van der Waals surface area contributed by atoms with Gasteiger partial charge in [0.05, 0.1) is 0 Å². The molecule has 0 saturated heterocycles. The lowest BCUT2D eigenvalue weighted by atomic mass is 9.90. The molecule has 6 nitrogen and oxygen atoms in total. The maximum atomic E-state index is 10.6. The predicted molar refractivity (Wildman–Crippen MR) is 36.1 cm³/mol. The standard InChI is InChI=1S/C6N4O2/c7-1-9-3-4(10-2-8)6(12)5(3)11/b9-3-,10-4+. The van der Waals surface area contributed by atoms with Gasteiger partial charge in [0.25, 0.3) is 11.6 Å². The Morgan fingerprint density at radius 1 is 0.917 bits per heavy atom. The molecule has 0 heterocycles. The Bertz CT molecular complexity index is 364. The number of ketones is 2. The molecule has 0 spiro atoms. The van der Waals surface area contributed by atoms with Crippen LogP contribution in [-0.4, -0.2) is 23.0 Å². The summed E-state index contributed by atoms with van der Waals surface area (Å²) >= 11 is 0. The molecular formula is C6N4O2. The Balaban J connectivity index is 3.10. The lowest BCUT2D eigenvalue weighted by Crippen LogP contribution is -2.49. The second kappa shape index (κ2) is 2.72. The minimum absolute atomic E-state index is 0.330. The van der Waals surface area contributed by atoms with Gasteiger partial charge in [0, 0.05) is 0 Å². The molecule has 1 fully saturated rings. The number of Topliss-reactive ketones (excluding diaryl/α,β-unsaturated/α-hetero) is 2. The van der Waals surface area contributed by atoms with E-state index in [4.69, 9.17) is 10.5 Å². The van der Waals surface area contributed by atoms with E-state index in [1.807, 2.05) is 0 Å². The number of hydrogen-bond donors (Lipinski definition) is 0. The third-order valence-corrected chi connectivity index (χ3v) is 1.18. The first-order chi connectivity index (χ1) is 5.72. The molecule has 6 heteroatoms. The molecule has 0 aromatic carbocycles. The van der Waals surface area contributed by atoms with Gasteiger partial charge in [-0.05, 0) is 0 Å². The zero-order valence-corrected chi connectivity index (χ0v) is 5.61. The van der Waals surface area contributed by atoms with E-state index in [1.54, 1.807) is 0 Å². The molecule has 0 unspecified atom stereocenters. The highest BCUT2D eigenvalue weighted by molar-refractivity contribution is 7.10. The van der Waals surface area contributed by atoms with Crippen molar-refractivity contribution in [2.24, 2.45) is 9.98 Å². The minimum Gasteiger partial charge on any atom is -0.283 e. The van der Waals surface area contributed by atoms with Crippen molar-refractivity contribution in [3.8, 4) is 12.4 Å². The Hall–Kier alpha value is -2.34. The van der Waals surface area contributed by atoms with Gasteiger partial charge in [0.1, 0.15) is 0 Å². The molecule has 1 rings (SSSR count). The maximum absolute atomic E-state index is 10.6. The fraction of sp³-hybridized carbons (Fsp3) is 0. The molecule has 0 bridgehead atoms. The first-order valence-corrected chi connectivity index (χ1v) is 2.75. The Labute approximate surface area is 66.5 Å². The molecule has 0 radical (unpaired) electrons. The molecular weight excluding hydrogens is 160 g/mol. The lowest BCUT2D eigenvalue weighted by molar-refractivity contribution is -0.129. The van der Waals surface area contributed by atoms with Crippen LogP contribution >= 0.6 is 0 Å². The van der Waals surface area contributed by atoms with Crippen molar-refractivity contribution in [1.82, 2.24) is 0 Å². The molecule has 0 aromatic rings. The summed E-state index contributed by atoms with van der Waals surface area (Å²) in [6.07, 6.45) is 2.67. The molecule has 0 N–H and O–H groups in total. The zero-order chi connectivity index (χ0) is 9.14. The second-order valence-corrected chi connectivity index (χ2v) is 1.78. The van der Waals surface area contributed by atoms with E-state index in [0.29, 0.717) is 0 Å². The van der Waals surface area contributed by atoms with Crippen LogP contribution in [0.2, 0.25) is 0 Å². The number of carbonyl (C=O) groups is 2. The molecule has 1 aliphatic carbocycles. The normalized spacial score (nSPS) is 21.8. The van der Waals surface area contributed by atoms with E-state index >= 15 is 0 Å². The largest absolute Gasteiger partial charge is 0.283 e. The highest BCUT2D eigenvalue weighted by Crippen LogP contribution is 2.04. The van der Waals surface area contributed by atoms with Crippen molar-refractivity contribution in [1.29, 1.82) is 10.5 Å². The van der Waals surface area contributed by atoms with E-state index < -0.39 is 11.6 Å². The highest BCUT2D eigenvalue weighted by Gasteiger charge is 2.42. The SMILES string of the molecule is N#C/N=C1\C(=O)C(=O)\C1=N\C#N. The van der Waals surface area contributed by atoms with Crippen LogP contribution in [0.5, 0.6) is 0 Å². The first-order valence-electron chi connectivity index (χ1n) is 2.75. The summed E-state index contributed by atoms with van der Waals surface area (Å²) in [6.45, 7) is 0. The van der Waals surface area contributed by atoms with Crippen molar-refractivity contribution in [2.75, 3.05) is 0 Å². The summed E-state index contributed by atoms with van der Waals surface area (Å²) in [6, 6.07) is 0. The van der Waals surface area contributed by atoms with Crippen molar-refractivity contribution in [2.45, 2.75) is 0 Å². The monoisotopic (exact) mass is 160 g/mol. The third kappa shape index (κ3) is 0.879. The van der Waals surface area contributed by atoms with E-state index in [0.717, 1.165) is 0 Å². The number of carbonyl (C=O) groups excluding carboxylic acids is 2. The van der Waals surface area contributed by atoms with Crippen molar-refractivity contribution in [3.05, 3.63) is 0 Å². The molecule has 56 valence electrons. The van der Waals surface area contributed by atoms with Crippen LogP contribution in [0.4, 0.5) is 0 Å². The van der Waals surface area contributed by atoms with Crippen LogP contribution in [0.1, 0.15) is 0 Å². The fourth-order valence-corrected chi connectivity index (χ4v) is 0.675. The summed E-state index contributed by atoms with van der Waals surface area (Å²) in [5.74, 6) is -1.74. The smallest absolute Gasteiger partial charge is 0.256 e. The van der Waals surface area contributed by atoms with Crippen LogP contribution in [-0.2, 0) is 9.59 Å². The summed E-state index contributed by atoms with van der Waals surface area (Å²) in [5, 5.41) is 16.1. The quantitative estimate of drug-likeness (QED) is 0.334. The van der Waals surface area contributed by atoms with E-state index in [1.165, 1.54) is 12.4 Å². The highest BCUT2D eigenvalue weighted by atomic mass is 16.2. The number of hydrogen-bond acceptors (Lipinski definition) is 6. The Morgan fingerprint density at radius 3 is 1.50 bits per heavy atom. The summed E-state index contributed by atoms with van der Waals surface area (Å²) < 4.78 is 0. The second-order valence-electron chi connectivity index (χ2n) is 1.78. The van der Waals surface area contributed by atoms with Gasteiger partial charge < -0.3 is 0 Å². The molecule has 0 aliphatic heterocycles. The Kier molecular flexibility index (Phi) is 1.76. The van der Waals surface area contributed by atoms with Crippen LogP contribution in [0.25, 0.3) is 0 Å². The van der Waals surface area contributed by atoms with Crippen LogP contribution in [0, 0.1) is 22.9 Å². The van der Waals surface area contributed by atoms with Gasteiger partial charge in [-0.2, -0.15) is 20.5 Å². The van der Waals surface area contributed by atoms with Gasteiger partial charge in [-0.1, -0.05) is 0 Å². The topological polar surface area (TPSA) is 106 Å². The average Bonchev–Trinajstić information content (AvgIpc) is 2.10. The molecule has 1 saturated carbocycles. The van der Waals surface area contributed by atoms with Crippen molar-refractivity contribution >= 4 is 23.0 Å². The minimum atomic E-state index is -0.870. The summed E-state index contributed by atoms with van der Waals surface area (Å²) in [5.41, 5.74) is -0.659. The number of aliphatic imine (C=N–C) groups is 2. The van der Waals surface area contributed by atoms with Gasteiger partial charge in [-0.3, -0.25) is 9.59 Å². The van der Waals surface area contributed by atoms with Gasteiger partial charge >= 0.3 is 0 Å². The van der Waals surface area contributed by atoms with E-state index in [2.05, 4.69) is 9.98 Å². The molecule has 0 aromatic heterocycles. The van der Waals surface area contributed by atoms with Gasteiger partial charge in [-0.25, -0.2) is 0 Å². The van der Waals surface area contributed by atoms with Crippen LogP contribution < -0.4 is 0 Å². The number of nitriles is 2. The fourth-order valence-electron chi connectivity index (χ4n) is 0.675. The van der Waals surface area contributed by atoms with Gasteiger partial charge in [0.15, 0.2) is 11.4 Å². The van der Waals surface area contributed by atoms with Crippen molar-refractivity contribution in [3.63, 3.8) is 0 Å². The number of rotatable bonds is 0. The zero-order valence-electron chi connectivity index (χ0n) is 5.61. The number of nitrogens with zero attached hydrogens (tertiary/aromatic N) is 4. The van der Waals surface area contributed by atoms with Crippen molar-refractivity contribution < 1.29 is 9.59 Å². The van der Waals surface area contributed by atoms with E-state index in [-0.39, 0.29) is 11.4 Å². The summed E-state index contributed by atoms with van der Waals surface area (Å²) in [4.78, 5) is 27.3. The van der Waals surface area contributed by atoms with E-state index in [9.17, 15) is 9.59 Å². The van der Waals surface area contributed by atoms with Gasteiger partial charge in [0.2, 0.25) is 12.4 Å². The Morgan fingerprint density at radius 2 is 1.25 bits per heavy atom. The van der Waals surface area contributed by atoms with Crippen LogP contribution in [0.15, 0.2) is 9.98 Å². The van der Waals surface area contributed by atoms with Gasteiger partial charge in [-0.15, -0.1) is 0 Å². The van der Waals surface area contributed by atoms with Crippen LogP contribution in [0.3, 0.4) is 0 Å². The predicted octanol–water partition coefficient (Wildman–Crippen LogP) is -1.02. The molecule has 12 heavy (non-hydrogen) atoms. The lowest BCUT2D eigenvalue weighted by Gasteiger charge is -2.10. The molecule has 0 atom stereocenters. The molecule has 1 aliphatic rings.